The Labute approximate surface area is 166 Å². The third kappa shape index (κ3) is 4.78. The number of rotatable bonds is 6. The molecule has 0 saturated carbocycles. The first-order chi connectivity index (χ1) is 12.9. The van der Waals surface area contributed by atoms with E-state index in [1.165, 1.54) is 18.0 Å². The van der Waals surface area contributed by atoms with Gasteiger partial charge in [0.1, 0.15) is 5.82 Å². The van der Waals surface area contributed by atoms with Gasteiger partial charge in [0.2, 0.25) is 5.91 Å². The van der Waals surface area contributed by atoms with Crippen molar-refractivity contribution < 1.29 is 4.79 Å². The highest BCUT2D eigenvalue weighted by Gasteiger charge is 2.13. The molecule has 0 bridgehead atoms. The number of benzene rings is 1. The molecule has 0 spiro atoms. The van der Waals surface area contributed by atoms with E-state index in [0.717, 1.165) is 17.1 Å². The van der Waals surface area contributed by atoms with Crippen molar-refractivity contribution in [2.45, 2.75) is 5.16 Å². The van der Waals surface area contributed by atoms with Crippen LogP contribution in [-0.2, 0) is 11.8 Å². The van der Waals surface area contributed by atoms with Crippen molar-refractivity contribution in [3.8, 4) is 11.4 Å². The molecule has 7 nitrogen and oxygen atoms in total. The Morgan fingerprint density at radius 1 is 1.19 bits per heavy atom. The zero-order valence-electron chi connectivity index (χ0n) is 15.2. The van der Waals surface area contributed by atoms with E-state index >= 15 is 0 Å². The molecule has 0 aliphatic carbocycles. The summed E-state index contributed by atoms with van der Waals surface area (Å²) in [6.45, 7) is 0. The first kappa shape index (κ1) is 19.2. The van der Waals surface area contributed by atoms with Crippen LogP contribution in [0.4, 0.5) is 11.5 Å². The van der Waals surface area contributed by atoms with Crippen LogP contribution in [0, 0.1) is 0 Å². The number of carbonyl (C=O) groups excluding carboxylic acids is 1. The van der Waals surface area contributed by atoms with E-state index in [1.807, 2.05) is 54.9 Å². The van der Waals surface area contributed by atoms with Gasteiger partial charge in [0.15, 0.2) is 11.0 Å². The molecule has 140 valence electrons. The molecule has 3 rings (SSSR count). The summed E-state index contributed by atoms with van der Waals surface area (Å²) < 4.78 is 1.88. The number of halogens is 1. The summed E-state index contributed by atoms with van der Waals surface area (Å²) in [5.74, 6) is 1.25. The van der Waals surface area contributed by atoms with Gasteiger partial charge in [0, 0.05) is 38.6 Å². The Bertz CT molecular complexity index is 924. The number of hydrogen-bond donors (Lipinski definition) is 1. The molecule has 1 N–H and O–H groups in total. The SMILES string of the molecule is CN(C)c1ccc(-c2nnc(SCC(=O)Nc3ccc(Cl)cn3)n2C)cc1. The lowest BCUT2D eigenvalue weighted by Crippen LogP contribution is -2.15. The van der Waals surface area contributed by atoms with Crippen molar-refractivity contribution in [1.29, 1.82) is 0 Å². The van der Waals surface area contributed by atoms with Crippen molar-refractivity contribution in [2.75, 3.05) is 30.1 Å². The lowest BCUT2D eigenvalue weighted by molar-refractivity contribution is -0.113. The topological polar surface area (TPSA) is 75.9 Å². The van der Waals surface area contributed by atoms with Crippen LogP contribution in [0.15, 0.2) is 47.8 Å². The number of amides is 1. The number of carbonyl (C=O) groups is 1. The highest BCUT2D eigenvalue weighted by Crippen LogP contribution is 2.24. The molecule has 2 aromatic heterocycles. The van der Waals surface area contributed by atoms with Gasteiger partial charge in [0.05, 0.1) is 10.8 Å². The second-order valence-electron chi connectivity index (χ2n) is 6.01. The van der Waals surface area contributed by atoms with E-state index in [1.54, 1.807) is 12.1 Å². The van der Waals surface area contributed by atoms with Gasteiger partial charge < -0.3 is 14.8 Å². The molecule has 2 heterocycles. The van der Waals surface area contributed by atoms with Gasteiger partial charge in [0.25, 0.3) is 0 Å². The summed E-state index contributed by atoms with van der Waals surface area (Å²) >= 11 is 7.10. The average Bonchev–Trinajstić information content (AvgIpc) is 3.02. The molecule has 0 radical (unpaired) electrons. The fourth-order valence-electron chi connectivity index (χ4n) is 2.36. The van der Waals surface area contributed by atoms with Gasteiger partial charge in [-0.15, -0.1) is 10.2 Å². The van der Waals surface area contributed by atoms with Gasteiger partial charge in [-0.1, -0.05) is 23.4 Å². The van der Waals surface area contributed by atoms with Gasteiger partial charge >= 0.3 is 0 Å². The largest absolute Gasteiger partial charge is 0.378 e. The second-order valence-corrected chi connectivity index (χ2v) is 7.38. The normalized spacial score (nSPS) is 10.7. The molecular formula is C18H19ClN6OS. The Hall–Kier alpha value is -2.58. The fraction of sp³-hybridized carbons (Fsp3) is 0.222. The van der Waals surface area contributed by atoms with E-state index in [2.05, 4.69) is 20.5 Å². The molecule has 0 aliphatic rings. The molecule has 0 saturated heterocycles. The zero-order chi connectivity index (χ0) is 19.4. The summed E-state index contributed by atoms with van der Waals surface area (Å²) in [5, 5.41) is 12.4. The fourth-order valence-corrected chi connectivity index (χ4v) is 3.18. The number of hydrogen-bond acceptors (Lipinski definition) is 6. The highest BCUT2D eigenvalue weighted by molar-refractivity contribution is 7.99. The summed E-state index contributed by atoms with van der Waals surface area (Å²) in [6.07, 6.45) is 1.49. The van der Waals surface area contributed by atoms with Crippen LogP contribution in [0.5, 0.6) is 0 Å². The molecule has 27 heavy (non-hydrogen) atoms. The number of pyridine rings is 1. The van der Waals surface area contributed by atoms with Crippen LogP contribution in [0.25, 0.3) is 11.4 Å². The Morgan fingerprint density at radius 2 is 1.93 bits per heavy atom. The van der Waals surface area contributed by atoms with E-state index in [9.17, 15) is 4.79 Å². The Morgan fingerprint density at radius 3 is 2.56 bits per heavy atom. The van der Waals surface area contributed by atoms with E-state index in [-0.39, 0.29) is 11.7 Å². The smallest absolute Gasteiger partial charge is 0.236 e. The van der Waals surface area contributed by atoms with Gasteiger partial charge in [-0.2, -0.15) is 0 Å². The maximum absolute atomic E-state index is 12.1. The first-order valence-electron chi connectivity index (χ1n) is 8.15. The zero-order valence-corrected chi connectivity index (χ0v) is 16.8. The Balaban J connectivity index is 1.63. The van der Waals surface area contributed by atoms with E-state index in [4.69, 9.17) is 11.6 Å². The van der Waals surface area contributed by atoms with Crippen LogP contribution in [-0.4, -0.2) is 45.5 Å². The minimum Gasteiger partial charge on any atom is -0.378 e. The monoisotopic (exact) mass is 402 g/mol. The van der Waals surface area contributed by atoms with Crippen molar-refractivity contribution in [3.05, 3.63) is 47.6 Å². The molecule has 0 unspecified atom stereocenters. The molecule has 0 atom stereocenters. The summed E-state index contributed by atoms with van der Waals surface area (Å²) in [7, 11) is 5.88. The van der Waals surface area contributed by atoms with Crippen LogP contribution in [0.2, 0.25) is 5.02 Å². The lowest BCUT2D eigenvalue weighted by atomic mass is 10.2. The number of aromatic nitrogens is 4. The highest BCUT2D eigenvalue weighted by atomic mass is 35.5. The van der Waals surface area contributed by atoms with Gasteiger partial charge in [-0.05, 0) is 36.4 Å². The van der Waals surface area contributed by atoms with Crippen LogP contribution < -0.4 is 10.2 Å². The van der Waals surface area contributed by atoms with Gasteiger partial charge in [-0.3, -0.25) is 4.79 Å². The summed E-state index contributed by atoms with van der Waals surface area (Å²) in [6, 6.07) is 11.4. The quantitative estimate of drug-likeness (QED) is 0.637. The maximum Gasteiger partial charge on any atom is 0.236 e. The number of anilines is 2. The predicted octanol–water partition coefficient (Wildman–Crippen LogP) is 3.33. The third-order valence-corrected chi connectivity index (χ3v) is 5.05. The number of nitrogens with zero attached hydrogens (tertiary/aromatic N) is 5. The van der Waals surface area contributed by atoms with Crippen LogP contribution >= 0.6 is 23.4 Å². The summed E-state index contributed by atoms with van der Waals surface area (Å²) in [4.78, 5) is 18.2. The minimum absolute atomic E-state index is 0.172. The molecule has 0 aliphatic heterocycles. The molecule has 1 aromatic carbocycles. The standard InChI is InChI=1S/C18H19ClN6OS/c1-24(2)14-7-4-12(5-8-14)17-22-23-18(25(17)3)27-11-16(26)21-15-9-6-13(19)10-20-15/h4-10H,11H2,1-3H3,(H,20,21,26). The number of nitrogens with one attached hydrogen (secondary N) is 1. The summed E-state index contributed by atoms with van der Waals surface area (Å²) in [5.41, 5.74) is 2.08. The minimum atomic E-state index is -0.172. The van der Waals surface area contributed by atoms with Crippen LogP contribution in [0.1, 0.15) is 0 Å². The average molecular weight is 403 g/mol. The van der Waals surface area contributed by atoms with Crippen molar-refractivity contribution in [3.63, 3.8) is 0 Å². The van der Waals surface area contributed by atoms with Crippen LogP contribution in [0.3, 0.4) is 0 Å². The molecule has 0 fully saturated rings. The van der Waals surface area contributed by atoms with Crippen molar-refractivity contribution in [1.82, 2.24) is 19.7 Å². The van der Waals surface area contributed by atoms with Crippen molar-refractivity contribution in [2.24, 2.45) is 7.05 Å². The lowest BCUT2D eigenvalue weighted by Gasteiger charge is -2.12. The molecule has 9 heteroatoms. The second kappa shape index (κ2) is 8.41. The van der Waals surface area contributed by atoms with Crippen molar-refractivity contribution >= 4 is 40.8 Å². The predicted molar refractivity (Wildman–Crippen MR) is 109 cm³/mol. The molecule has 3 aromatic rings. The molecular weight excluding hydrogens is 384 g/mol. The van der Waals surface area contributed by atoms with E-state index in [0.29, 0.717) is 16.0 Å². The third-order valence-electron chi connectivity index (χ3n) is 3.80. The number of thioether (sulfide) groups is 1. The Kier molecular flexibility index (Phi) is 5.98. The first-order valence-corrected chi connectivity index (χ1v) is 9.52. The molecule has 1 amide bonds. The van der Waals surface area contributed by atoms with E-state index < -0.39 is 0 Å². The van der Waals surface area contributed by atoms with Gasteiger partial charge in [-0.25, -0.2) is 4.98 Å². The maximum atomic E-state index is 12.1.